The molecule has 2 fully saturated rings. The molecule has 2 heterocycles. The van der Waals surface area contributed by atoms with Crippen LogP contribution in [0.1, 0.15) is 38.3 Å². The highest BCUT2D eigenvalue weighted by atomic mass is 32.2. The van der Waals surface area contributed by atoms with Crippen molar-refractivity contribution in [3.8, 4) is 10.6 Å². The zero-order valence-corrected chi connectivity index (χ0v) is 19.0. The maximum atomic E-state index is 13.6. The van der Waals surface area contributed by atoms with Gasteiger partial charge in [0, 0.05) is 41.4 Å². The van der Waals surface area contributed by atoms with Gasteiger partial charge in [0.05, 0.1) is 18.0 Å². The summed E-state index contributed by atoms with van der Waals surface area (Å²) in [5.41, 5.74) is 0.624. The number of sulfonamides is 1. The summed E-state index contributed by atoms with van der Waals surface area (Å²) in [5, 5.41) is 2.27. The fourth-order valence-corrected chi connectivity index (χ4v) is 6.11. The van der Waals surface area contributed by atoms with E-state index >= 15 is 0 Å². The summed E-state index contributed by atoms with van der Waals surface area (Å²) in [6.45, 7) is 2.45. The maximum Gasteiger partial charge on any atom is 0.228 e. The van der Waals surface area contributed by atoms with Crippen molar-refractivity contribution in [2.75, 3.05) is 12.8 Å². The molecular formula is C21H25F2N3O3S2. The Morgan fingerprint density at radius 1 is 1.29 bits per heavy atom. The minimum Gasteiger partial charge on any atom is -0.337 e. The lowest BCUT2D eigenvalue weighted by Crippen LogP contribution is -2.52. The molecule has 2 aliphatic rings. The lowest BCUT2D eigenvalue weighted by Gasteiger charge is -2.41. The summed E-state index contributed by atoms with van der Waals surface area (Å²) in [7, 11) is -3.45. The smallest absolute Gasteiger partial charge is 0.228 e. The van der Waals surface area contributed by atoms with Crippen molar-refractivity contribution in [1.82, 2.24) is 14.6 Å². The first-order valence-corrected chi connectivity index (χ1v) is 13.0. The predicted octanol–water partition coefficient (Wildman–Crippen LogP) is 3.34. The molecule has 168 valence electrons. The number of thiazole rings is 1. The number of likely N-dealkylation sites (tertiary alicyclic amines) is 1. The van der Waals surface area contributed by atoms with Gasteiger partial charge in [0.15, 0.2) is 0 Å². The van der Waals surface area contributed by atoms with Crippen molar-refractivity contribution in [3.05, 3.63) is 40.9 Å². The number of carbonyl (C=O) groups is 1. The van der Waals surface area contributed by atoms with E-state index in [0.29, 0.717) is 35.7 Å². The topological polar surface area (TPSA) is 79.4 Å². The highest BCUT2D eigenvalue weighted by Crippen LogP contribution is 2.43. The number of carbonyl (C=O) groups excluding carboxylic acids is 1. The molecule has 1 N–H and O–H groups in total. The average Bonchev–Trinajstić information content (AvgIpc) is 3.25. The van der Waals surface area contributed by atoms with Gasteiger partial charge in [-0.15, -0.1) is 11.3 Å². The summed E-state index contributed by atoms with van der Waals surface area (Å²) in [5.74, 6) is -1.29. The molecule has 2 atom stereocenters. The molecule has 10 heteroatoms. The quantitative estimate of drug-likeness (QED) is 0.704. The number of hydrogen-bond donors (Lipinski definition) is 1. The highest BCUT2D eigenvalue weighted by molar-refractivity contribution is 7.88. The van der Waals surface area contributed by atoms with Gasteiger partial charge in [0.1, 0.15) is 16.6 Å². The van der Waals surface area contributed by atoms with E-state index in [-0.39, 0.29) is 17.4 Å². The second-order valence-electron chi connectivity index (χ2n) is 8.77. The number of halogens is 2. The first kappa shape index (κ1) is 22.3. The fraction of sp³-hybridized carbons (Fsp3) is 0.524. The first-order chi connectivity index (χ1) is 14.5. The molecule has 1 aromatic carbocycles. The average molecular weight is 470 g/mol. The van der Waals surface area contributed by atoms with E-state index in [1.54, 1.807) is 10.3 Å². The number of aromatic nitrogens is 1. The molecule has 1 saturated carbocycles. The van der Waals surface area contributed by atoms with Gasteiger partial charge < -0.3 is 4.90 Å². The van der Waals surface area contributed by atoms with Crippen molar-refractivity contribution in [1.29, 1.82) is 0 Å². The van der Waals surface area contributed by atoms with Crippen LogP contribution in [-0.2, 0) is 21.2 Å². The second kappa shape index (κ2) is 8.22. The Kier molecular flexibility index (Phi) is 5.91. The van der Waals surface area contributed by atoms with Crippen LogP contribution in [-0.4, -0.2) is 49.1 Å². The molecule has 6 nitrogen and oxygen atoms in total. The molecule has 0 spiro atoms. The number of rotatable bonds is 6. The fourth-order valence-electron chi connectivity index (χ4n) is 4.46. The van der Waals surface area contributed by atoms with Gasteiger partial charge in [-0.05, 0) is 31.4 Å². The van der Waals surface area contributed by atoms with E-state index in [1.165, 1.54) is 23.5 Å². The van der Waals surface area contributed by atoms with Gasteiger partial charge in [0.2, 0.25) is 15.9 Å². The van der Waals surface area contributed by atoms with Crippen molar-refractivity contribution < 1.29 is 22.0 Å². The summed E-state index contributed by atoms with van der Waals surface area (Å²) in [4.78, 5) is 19.5. The van der Waals surface area contributed by atoms with Crippen molar-refractivity contribution >= 4 is 27.3 Å². The summed E-state index contributed by atoms with van der Waals surface area (Å²) < 4.78 is 53.6. The Bertz CT molecular complexity index is 1080. The van der Waals surface area contributed by atoms with Crippen LogP contribution in [0.4, 0.5) is 8.78 Å². The Balaban J connectivity index is 1.59. The number of amides is 1. The lowest BCUT2D eigenvalue weighted by molar-refractivity contribution is -0.147. The van der Waals surface area contributed by atoms with Crippen LogP contribution < -0.4 is 4.72 Å². The lowest BCUT2D eigenvalue weighted by atomic mass is 9.69. The van der Waals surface area contributed by atoms with E-state index in [4.69, 9.17) is 0 Å². The van der Waals surface area contributed by atoms with Crippen molar-refractivity contribution in [2.45, 2.75) is 51.1 Å². The van der Waals surface area contributed by atoms with Gasteiger partial charge in [-0.2, -0.15) is 0 Å². The second-order valence-corrected chi connectivity index (χ2v) is 11.4. The summed E-state index contributed by atoms with van der Waals surface area (Å²) >= 11 is 1.26. The van der Waals surface area contributed by atoms with Crippen LogP contribution in [0.3, 0.4) is 0 Å². The van der Waals surface area contributed by atoms with Gasteiger partial charge in [-0.1, -0.05) is 13.3 Å². The number of benzene rings is 1. The number of nitrogens with zero attached hydrogens (tertiary/aromatic N) is 2. The molecule has 1 aliphatic carbocycles. The SMILES string of the molecule is CC1(C(=O)N2CC[C@H](NS(C)(=O)=O)[C@@H]2Cc2csc(-c3cc(F)cc(F)c3)n2)CCC1. The monoisotopic (exact) mass is 469 g/mol. The van der Waals surface area contributed by atoms with Crippen LogP contribution >= 0.6 is 11.3 Å². The normalized spacial score (nSPS) is 23.0. The van der Waals surface area contributed by atoms with Crippen LogP contribution in [0.15, 0.2) is 23.6 Å². The highest BCUT2D eigenvalue weighted by Gasteiger charge is 2.47. The van der Waals surface area contributed by atoms with Crippen LogP contribution in [0.25, 0.3) is 10.6 Å². The maximum absolute atomic E-state index is 13.6. The Morgan fingerprint density at radius 3 is 2.55 bits per heavy atom. The van der Waals surface area contributed by atoms with Crippen LogP contribution in [0.2, 0.25) is 0 Å². The molecule has 1 aliphatic heterocycles. The van der Waals surface area contributed by atoms with Gasteiger partial charge in [-0.25, -0.2) is 26.9 Å². The number of hydrogen-bond acceptors (Lipinski definition) is 5. The Morgan fingerprint density at radius 2 is 1.97 bits per heavy atom. The largest absolute Gasteiger partial charge is 0.337 e. The third-order valence-electron chi connectivity index (χ3n) is 6.23. The van der Waals surface area contributed by atoms with E-state index in [2.05, 4.69) is 9.71 Å². The molecule has 31 heavy (non-hydrogen) atoms. The Labute approximate surface area is 184 Å². The Hall–Kier alpha value is -1.91. The van der Waals surface area contributed by atoms with Crippen molar-refractivity contribution in [2.24, 2.45) is 5.41 Å². The van der Waals surface area contributed by atoms with E-state index in [1.807, 2.05) is 6.92 Å². The number of nitrogens with one attached hydrogen (secondary N) is 1. The minimum atomic E-state index is -3.45. The standard InChI is InChI=1S/C21H25F2N3O3S2/c1-21(5-3-6-21)20(27)26-7-4-17(25-31(2,28)29)18(26)11-16-12-30-19(24-16)13-8-14(22)10-15(23)9-13/h8-10,12,17-18,25H,3-7,11H2,1-2H3/t17-,18-/m0/s1. The minimum absolute atomic E-state index is 0.0594. The molecule has 1 aromatic heterocycles. The first-order valence-electron chi connectivity index (χ1n) is 10.2. The molecule has 0 bridgehead atoms. The molecule has 1 saturated heterocycles. The van der Waals surface area contributed by atoms with Crippen LogP contribution in [0.5, 0.6) is 0 Å². The van der Waals surface area contributed by atoms with Gasteiger partial charge >= 0.3 is 0 Å². The molecule has 1 amide bonds. The van der Waals surface area contributed by atoms with E-state index in [0.717, 1.165) is 31.6 Å². The van der Waals surface area contributed by atoms with E-state index in [9.17, 15) is 22.0 Å². The third-order valence-corrected chi connectivity index (χ3v) is 7.90. The molecule has 0 radical (unpaired) electrons. The summed E-state index contributed by atoms with van der Waals surface area (Å²) in [6.07, 6.45) is 4.71. The zero-order chi connectivity index (χ0) is 22.4. The predicted molar refractivity (Wildman–Crippen MR) is 115 cm³/mol. The molecular weight excluding hydrogens is 444 g/mol. The summed E-state index contributed by atoms with van der Waals surface area (Å²) in [6, 6.07) is 2.49. The van der Waals surface area contributed by atoms with Crippen molar-refractivity contribution in [3.63, 3.8) is 0 Å². The zero-order valence-electron chi connectivity index (χ0n) is 17.4. The molecule has 2 aromatic rings. The third kappa shape index (κ3) is 4.80. The molecule has 0 unspecified atom stereocenters. The molecule has 4 rings (SSSR count). The van der Waals surface area contributed by atoms with Crippen LogP contribution in [0, 0.1) is 17.0 Å². The van der Waals surface area contributed by atoms with Gasteiger partial charge in [-0.3, -0.25) is 4.79 Å². The van der Waals surface area contributed by atoms with E-state index < -0.39 is 27.7 Å². The van der Waals surface area contributed by atoms with Gasteiger partial charge in [0.25, 0.3) is 0 Å².